The molecule has 0 N–H and O–H groups in total. The number of fused-ring (bicyclic) bond motifs is 9. The Morgan fingerprint density at radius 3 is 2.04 bits per heavy atom. The minimum Gasteiger partial charge on any atom is -0.456 e. The Labute approximate surface area is 256 Å². The van der Waals surface area contributed by atoms with Gasteiger partial charge >= 0.3 is 0 Å². The highest BCUT2D eigenvalue weighted by molar-refractivity contribution is 6.19. The number of furan rings is 2. The Morgan fingerprint density at radius 1 is 0.444 bits per heavy atom. The second-order valence-corrected chi connectivity index (χ2v) is 11.4. The molecule has 0 unspecified atom stereocenters. The molecule has 0 aliphatic heterocycles. The van der Waals surface area contributed by atoms with Crippen LogP contribution in [-0.4, -0.2) is 14.5 Å². The van der Waals surface area contributed by atoms with E-state index in [0.29, 0.717) is 11.5 Å². The Balaban J connectivity index is 1.29. The number of aromatic nitrogens is 3. The van der Waals surface area contributed by atoms with Gasteiger partial charge in [-0.15, -0.1) is 0 Å². The fraction of sp³-hybridized carbons (Fsp3) is 0. The minimum absolute atomic E-state index is 0.564. The van der Waals surface area contributed by atoms with Crippen molar-refractivity contribution in [2.75, 3.05) is 0 Å². The number of hydrogen-bond acceptors (Lipinski definition) is 4. The first kappa shape index (κ1) is 24.3. The summed E-state index contributed by atoms with van der Waals surface area (Å²) in [6.07, 6.45) is 0. The van der Waals surface area contributed by atoms with E-state index in [0.717, 1.165) is 77.2 Å². The van der Waals surface area contributed by atoms with Crippen molar-refractivity contribution in [2.45, 2.75) is 0 Å². The molecule has 0 atom stereocenters. The molecule has 0 aliphatic carbocycles. The SMILES string of the molecule is c1ccc(-c2nc(-c3ccc4oc5ccccc5c4c3)nc3oc4cc5c6ccccc6n(-c6ccccc6)c5cc4c23)cc1. The fourth-order valence-corrected chi connectivity index (χ4v) is 6.79. The summed E-state index contributed by atoms with van der Waals surface area (Å²) in [5.41, 5.74) is 9.18. The molecule has 5 nitrogen and oxygen atoms in total. The predicted octanol–water partition coefficient (Wildman–Crippen LogP) is 10.7. The zero-order valence-electron chi connectivity index (χ0n) is 23.9. The molecule has 10 aromatic rings. The Hall–Kier alpha value is -6.20. The highest BCUT2D eigenvalue weighted by atomic mass is 16.3. The molecule has 210 valence electrons. The number of benzene rings is 6. The molecular formula is C40H23N3O2. The first-order chi connectivity index (χ1) is 22.3. The molecule has 0 radical (unpaired) electrons. The Bertz CT molecular complexity index is 2750. The van der Waals surface area contributed by atoms with Crippen LogP contribution in [0.4, 0.5) is 0 Å². The van der Waals surface area contributed by atoms with Crippen LogP contribution in [0.15, 0.2) is 148 Å². The molecule has 45 heavy (non-hydrogen) atoms. The van der Waals surface area contributed by atoms with Crippen LogP contribution >= 0.6 is 0 Å². The van der Waals surface area contributed by atoms with Gasteiger partial charge in [-0.25, -0.2) is 4.98 Å². The highest BCUT2D eigenvalue weighted by Gasteiger charge is 2.21. The van der Waals surface area contributed by atoms with Crippen LogP contribution in [0.3, 0.4) is 0 Å². The molecule has 0 saturated carbocycles. The summed E-state index contributed by atoms with van der Waals surface area (Å²) in [7, 11) is 0. The van der Waals surface area contributed by atoms with Crippen molar-refractivity contribution >= 4 is 65.8 Å². The van der Waals surface area contributed by atoms with Gasteiger partial charge in [0, 0.05) is 43.7 Å². The summed E-state index contributed by atoms with van der Waals surface area (Å²) >= 11 is 0. The van der Waals surface area contributed by atoms with Crippen molar-refractivity contribution in [3.8, 4) is 28.3 Å². The van der Waals surface area contributed by atoms with Gasteiger partial charge in [0.2, 0.25) is 5.71 Å². The average Bonchev–Trinajstić information content (AvgIpc) is 3.76. The second kappa shape index (κ2) is 9.15. The molecule has 0 spiro atoms. The van der Waals surface area contributed by atoms with Gasteiger partial charge in [-0.1, -0.05) is 84.9 Å². The van der Waals surface area contributed by atoms with E-state index >= 15 is 0 Å². The monoisotopic (exact) mass is 577 g/mol. The van der Waals surface area contributed by atoms with E-state index in [2.05, 4.69) is 89.5 Å². The van der Waals surface area contributed by atoms with Crippen molar-refractivity contribution in [1.29, 1.82) is 0 Å². The first-order valence-electron chi connectivity index (χ1n) is 15.0. The molecule has 4 heterocycles. The predicted molar refractivity (Wildman–Crippen MR) is 182 cm³/mol. The molecule has 10 rings (SSSR count). The quantitative estimate of drug-likeness (QED) is 0.210. The molecule has 0 bridgehead atoms. The first-order valence-corrected chi connectivity index (χ1v) is 15.0. The summed E-state index contributed by atoms with van der Waals surface area (Å²) in [4.78, 5) is 10.3. The van der Waals surface area contributed by atoms with Gasteiger partial charge < -0.3 is 13.4 Å². The lowest BCUT2D eigenvalue weighted by Gasteiger charge is -2.08. The molecule has 0 amide bonds. The largest absolute Gasteiger partial charge is 0.456 e. The molecule has 6 aromatic carbocycles. The van der Waals surface area contributed by atoms with E-state index in [-0.39, 0.29) is 0 Å². The van der Waals surface area contributed by atoms with Crippen LogP contribution in [0.2, 0.25) is 0 Å². The number of rotatable bonds is 3. The lowest BCUT2D eigenvalue weighted by atomic mass is 10.0. The molecule has 0 aliphatic rings. The fourth-order valence-electron chi connectivity index (χ4n) is 6.79. The van der Waals surface area contributed by atoms with E-state index < -0.39 is 0 Å². The highest BCUT2D eigenvalue weighted by Crippen LogP contribution is 2.41. The normalized spacial score (nSPS) is 12.0. The van der Waals surface area contributed by atoms with Crippen LogP contribution in [-0.2, 0) is 0 Å². The van der Waals surface area contributed by atoms with E-state index in [4.69, 9.17) is 18.8 Å². The molecular weight excluding hydrogens is 554 g/mol. The van der Waals surface area contributed by atoms with Gasteiger partial charge in [0.1, 0.15) is 16.7 Å². The lowest BCUT2D eigenvalue weighted by Crippen LogP contribution is -1.94. The third-order valence-corrected chi connectivity index (χ3v) is 8.82. The Morgan fingerprint density at radius 2 is 1.18 bits per heavy atom. The third-order valence-electron chi connectivity index (χ3n) is 8.82. The van der Waals surface area contributed by atoms with Gasteiger partial charge in [-0.3, -0.25) is 0 Å². The molecule has 4 aromatic heterocycles. The summed E-state index contributed by atoms with van der Waals surface area (Å²) in [6, 6.07) is 48.0. The number of hydrogen-bond donors (Lipinski definition) is 0. The van der Waals surface area contributed by atoms with Gasteiger partial charge in [0.05, 0.1) is 22.1 Å². The van der Waals surface area contributed by atoms with E-state index in [1.165, 1.54) is 5.39 Å². The standard InChI is InChI=1S/C40H23N3O2/c1-3-11-24(12-4-1)38-37-31-22-33-29(27-15-7-9-17-32(27)43(33)26-13-5-2-6-14-26)23-36(31)45-40(37)42-39(41-38)25-19-20-35-30(21-25)28-16-8-10-18-34(28)44-35/h1-23H. The van der Waals surface area contributed by atoms with Crippen molar-refractivity contribution < 1.29 is 8.83 Å². The van der Waals surface area contributed by atoms with Gasteiger partial charge in [0.15, 0.2) is 5.82 Å². The van der Waals surface area contributed by atoms with Crippen molar-refractivity contribution in [3.05, 3.63) is 140 Å². The topological polar surface area (TPSA) is 57.0 Å². The van der Waals surface area contributed by atoms with Gasteiger partial charge in [-0.05, 0) is 54.6 Å². The number of nitrogens with zero attached hydrogens (tertiary/aromatic N) is 3. The van der Waals surface area contributed by atoms with Crippen LogP contribution in [0.1, 0.15) is 0 Å². The van der Waals surface area contributed by atoms with E-state index in [1.807, 2.05) is 54.6 Å². The van der Waals surface area contributed by atoms with Crippen molar-refractivity contribution in [2.24, 2.45) is 0 Å². The maximum Gasteiger partial charge on any atom is 0.231 e. The lowest BCUT2D eigenvalue weighted by molar-refractivity contribution is 0.654. The average molecular weight is 578 g/mol. The van der Waals surface area contributed by atoms with E-state index in [9.17, 15) is 0 Å². The summed E-state index contributed by atoms with van der Waals surface area (Å²) in [5.74, 6) is 0.608. The zero-order valence-corrected chi connectivity index (χ0v) is 23.9. The van der Waals surface area contributed by atoms with Gasteiger partial charge in [-0.2, -0.15) is 4.98 Å². The molecule has 5 heteroatoms. The zero-order chi connectivity index (χ0) is 29.5. The van der Waals surface area contributed by atoms with Crippen LogP contribution < -0.4 is 0 Å². The molecule has 0 fully saturated rings. The van der Waals surface area contributed by atoms with Crippen LogP contribution in [0, 0.1) is 0 Å². The molecule has 0 saturated heterocycles. The van der Waals surface area contributed by atoms with E-state index in [1.54, 1.807) is 0 Å². The van der Waals surface area contributed by atoms with Crippen LogP contribution in [0.25, 0.3) is 94.1 Å². The van der Waals surface area contributed by atoms with Crippen molar-refractivity contribution in [1.82, 2.24) is 14.5 Å². The number of para-hydroxylation sites is 3. The van der Waals surface area contributed by atoms with Gasteiger partial charge in [0.25, 0.3) is 0 Å². The second-order valence-electron chi connectivity index (χ2n) is 11.4. The maximum atomic E-state index is 6.61. The Kier molecular flexibility index (Phi) is 4.93. The minimum atomic E-state index is 0.564. The van der Waals surface area contributed by atoms with Crippen molar-refractivity contribution in [3.63, 3.8) is 0 Å². The smallest absolute Gasteiger partial charge is 0.231 e. The summed E-state index contributed by atoms with van der Waals surface area (Å²) in [6.45, 7) is 0. The third kappa shape index (κ3) is 3.55. The van der Waals surface area contributed by atoms with Crippen LogP contribution in [0.5, 0.6) is 0 Å². The summed E-state index contributed by atoms with van der Waals surface area (Å²) in [5, 5.41) is 6.30. The maximum absolute atomic E-state index is 6.61. The summed E-state index contributed by atoms with van der Waals surface area (Å²) < 4.78 is 15.0.